The van der Waals surface area contributed by atoms with E-state index in [2.05, 4.69) is 57.1 Å². The van der Waals surface area contributed by atoms with Crippen molar-refractivity contribution in [1.29, 1.82) is 0 Å². The molecule has 3 heteroatoms. The van der Waals surface area contributed by atoms with Gasteiger partial charge < -0.3 is 9.80 Å². The summed E-state index contributed by atoms with van der Waals surface area (Å²) in [5.41, 5.74) is 4.10. The number of benzene rings is 2. The molecule has 2 aromatic carbocycles. The van der Waals surface area contributed by atoms with Crippen LogP contribution in [0.3, 0.4) is 0 Å². The number of hydrogen-bond donors (Lipinski definition) is 0. The minimum atomic E-state index is -0.0991. The summed E-state index contributed by atoms with van der Waals surface area (Å²) < 4.78 is 0. The first-order valence-electron chi connectivity index (χ1n) is 7.84. The fourth-order valence-electron chi connectivity index (χ4n) is 2.59. The van der Waals surface area contributed by atoms with Crippen molar-refractivity contribution in [3.8, 4) is 11.1 Å². The van der Waals surface area contributed by atoms with Crippen molar-refractivity contribution in [2.24, 2.45) is 0 Å². The van der Waals surface area contributed by atoms with Gasteiger partial charge in [0.05, 0.1) is 0 Å². The van der Waals surface area contributed by atoms with Gasteiger partial charge in [0.25, 0.3) is 5.91 Å². The molecule has 0 radical (unpaired) electrons. The second-order valence-electron chi connectivity index (χ2n) is 6.78. The van der Waals surface area contributed by atoms with Crippen LogP contribution in [0.1, 0.15) is 29.8 Å². The van der Waals surface area contributed by atoms with Crippen molar-refractivity contribution in [3.63, 3.8) is 0 Å². The molecule has 0 unspecified atom stereocenters. The van der Waals surface area contributed by atoms with Crippen molar-refractivity contribution < 1.29 is 4.79 Å². The summed E-state index contributed by atoms with van der Waals surface area (Å²) >= 11 is 0. The van der Waals surface area contributed by atoms with Gasteiger partial charge in [-0.2, -0.15) is 0 Å². The molecule has 0 spiro atoms. The Morgan fingerprint density at radius 1 is 0.913 bits per heavy atom. The number of nitrogens with zero attached hydrogens (tertiary/aromatic N) is 2. The zero-order valence-corrected chi connectivity index (χ0v) is 14.9. The van der Waals surface area contributed by atoms with Crippen LogP contribution in [0.2, 0.25) is 0 Å². The van der Waals surface area contributed by atoms with E-state index in [0.717, 1.165) is 5.56 Å². The van der Waals surface area contributed by atoms with Gasteiger partial charge in [0, 0.05) is 25.2 Å². The normalized spacial score (nSPS) is 11.6. The number of carbonyl (C=O) groups is 1. The average Bonchev–Trinajstić information content (AvgIpc) is 2.54. The van der Waals surface area contributed by atoms with Crippen LogP contribution < -0.4 is 0 Å². The molecule has 0 heterocycles. The highest BCUT2D eigenvalue weighted by molar-refractivity contribution is 5.95. The number of amides is 1. The molecule has 2 rings (SSSR count). The van der Waals surface area contributed by atoms with Crippen LogP contribution in [0.15, 0.2) is 48.5 Å². The van der Waals surface area contributed by atoms with E-state index >= 15 is 0 Å². The highest BCUT2D eigenvalue weighted by Gasteiger charge is 2.26. The van der Waals surface area contributed by atoms with Crippen molar-refractivity contribution in [3.05, 3.63) is 59.7 Å². The van der Waals surface area contributed by atoms with E-state index in [4.69, 9.17) is 0 Å². The molecule has 0 fully saturated rings. The van der Waals surface area contributed by atoms with E-state index in [1.807, 2.05) is 24.3 Å². The topological polar surface area (TPSA) is 23.6 Å². The zero-order chi connectivity index (χ0) is 17.2. The summed E-state index contributed by atoms with van der Waals surface area (Å²) in [6.45, 7) is 4.42. The molecule has 0 N–H and O–H groups in total. The van der Waals surface area contributed by atoms with Crippen molar-refractivity contribution >= 4 is 5.91 Å². The molecule has 0 aliphatic carbocycles. The summed E-state index contributed by atoms with van der Waals surface area (Å²) in [6, 6.07) is 16.3. The van der Waals surface area contributed by atoms with E-state index < -0.39 is 0 Å². The molecular weight excluding hydrogens is 284 g/mol. The van der Waals surface area contributed by atoms with E-state index in [1.54, 1.807) is 19.0 Å². The Morgan fingerprint density at radius 2 is 1.57 bits per heavy atom. The fourth-order valence-corrected chi connectivity index (χ4v) is 2.59. The first-order valence-corrected chi connectivity index (χ1v) is 7.84. The number of carbonyl (C=O) groups excluding carboxylic acids is 1. The largest absolute Gasteiger partial charge is 0.345 e. The van der Waals surface area contributed by atoms with Crippen molar-refractivity contribution in [2.45, 2.75) is 19.4 Å². The van der Waals surface area contributed by atoms with Gasteiger partial charge in [0.15, 0.2) is 0 Å². The van der Waals surface area contributed by atoms with Crippen LogP contribution in [0.25, 0.3) is 11.1 Å². The van der Waals surface area contributed by atoms with E-state index in [1.165, 1.54) is 11.1 Å². The van der Waals surface area contributed by atoms with E-state index in [-0.39, 0.29) is 11.4 Å². The van der Waals surface area contributed by atoms with Gasteiger partial charge in [0.1, 0.15) is 0 Å². The van der Waals surface area contributed by atoms with Crippen LogP contribution in [-0.2, 0) is 5.54 Å². The second kappa shape index (κ2) is 6.55. The Hall–Kier alpha value is -2.13. The van der Waals surface area contributed by atoms with Gasteiger partial charge in [-0.05, 0) is 56.8 Å². The van der Waals surface area contributed by atoms with Gasteiger partial charge in [-0.1, -0.05) is 36.4 Å². The molecule has 2 aromatic rings. The highest BCUT2D eigenvalue weighted by atomic mass is 16.2. The molecular formula is C20H26N2O. The summed E-state index contributed by atoms with van der Waals surface area (Å²) in [7, 11) is 7.72. The first kappa shape index (κ1) is 17.2. The Kier molecular flexibility index (Phi) is 4.90. The maximum atomic E-state index is 12.2. The smallest absolute Gasteiger partial charge is 0.253 e. The molecule has 0 bridgehead atoms. The molecule has 0 aliphatic heterocycles. The SMILES string of the molecule is CN(C)C(=O)c1cccc(-c2ccccc2C(C)(C)N(C)C)c1. The number of rotatable bonds is 4. The second-order valence-corrected chi connectivity index (χ2v) is 6.78. The predicted molar refractivity (Wildman–Crippen MR) is 96.6 cm³/mol. The molecule has 0 aromatic heterocycles. The van der Waals surface area contributed by atoms with E-state index in [9.17, 15) is 4.79 Å². The molecule has 0 aliphatic rings. The standard InChI is InChI=1S/C20H26N2O/c1-20(2,22(5)6)18-13-8-7-12-17(18)15-10-9-11-16(14-15)19(23)21(3)4/h7-14H,1-6H3. The molecule has 23 heavy (non-hydrogen) atoms. The summed E-state index contributed by atoms with van der Waals surface area (Å²) in [5, 5.41) is 0. The lowest BCUT2D eigenvalue weighted by atomic mass is 9.86. The molecule has 3 nitrogen and oxygen atoms in total. The third kappa shape index (κ3) is 3.45. The Bertz CT molecular complexity index is 702. The average molecular weight is 310 g/mol. The van der Waals surface area contributed by atoms with Crippen LogP contribution in [0.4, 0.5) is 0 Å². The molecule has 0 saturated heterocycles. The van der Waals surface area contributed by atoms with Gasteiger partial charge in [-0.15, -0.1) is 0 Å². The lowest BCUT2D eigenvalue weighted by Gasteiger charge is -2.35. The summed E-state index contributed by atoms with van der Waals surface area (Å²) in [5.74, 6) is 0.0243. The third-order valence-electron chi connectivity index (χ3n) is 4.53. The van der Waals surface area contributed by atoms with Crippen molar-refractivity contribution in [1.82, 2.24) is 9.80 Å². The van der Waals surface area contributed by atoms with Gasteiger partial charge in [-0.25, -0.2) is 0 Å². The minimum absolute atomic E-state index is 0.0243. The van der Waals surface area contributed by atoms with Crippen molar-refractivity contribution in [2.75, 3.05) is 28.2 Å². The lowest BCUT2D eigenvalue weighted by molar-refractivity contribution is 0.0827. The quantitative estimate of drug-likeness (QED) is 0.856. The van der Waals surface area contributed by atoms with E-state index in [0.29, 0.717) is 5.56 Å². The Balaban J connectivity index is 2.56. The molecule has 1 amide bonds. The summed E-state index contributed by atoms with van der Waals surface area (Å²) in [6.07, 6.45) is 0. The van der Waals surface area contributed by atoms with Gasteiger partial charge in [-0.3, -0.25) is 4.79 Å². The fraction of sp³-hybridized carbons (Fsp3) is 0.350. The first-order chi connectivity index (χ1) is 10.7. The minimum Gasteiger partial charge on any atom is -0.345 e. The Labute approximate surface area is 139 Å². The van der Waals surface area contributed by atoms with Gasteiger partial charge >= 0.3 is 0 Å². The summed E-state index contributed by atoms with van der Waals surface area (Å²) in [4.78, 5) is 16.1. The van der Waals surface area contributed by atoms with Crippen LogP contribution in [0, 0.1) is 0 Å². The highest BCUT2D eigenvalue weighted by Crippen LogP contribution is 2.34. The zero-order valence-electron chi connectivity index (χ0n) is 14.9. The molecule has 0 atom stereocenters. The predicted octanol–water partition coefficient (Wildman–Crippen LogP) is 3.85. The van der Waals surface area contributed by atoms with Crippen LogP contribution >= 0.6 is 0 Å². The monoisotopic (exact) mass is 310 g/mol. The number of hydrogen-bond acceptors (Lipinski definition) is 2. The molecule has 122 valence electrons. The van der Waals surface area contributed by atoms with Crippen LogP contribution in [-0.4, -0.2) is 43.9 Å². The molecule has 0 saturated carbocycles. The maximum absolute atomic E-state index is 12.2. The third-order valence-corrected chi connectivity index (χ3v) is 4.53. The Morgan fingerprint density at radius 3 is 2.17 bits per heavy atom. The van der Waals surface area contributed by atoms with Crippen LogP contribution in [0.5, 0.6) is 0 Å². The maximum Gasteiger partial charge on any atom is 0.253 e. The van der Waals surface area contributed by atoms with Gasteiger partial charge in [0.2, 0.25) is 0 Å². The lowest BCUT2D eigenvalue weighted by Crippen LogP contribution is -2.35.